The molecule has 0 aliphatic carbocycles. The lowest BCUT2D eigenvalue weighted by molar-refractivity contribution is -0.149. The fourth-order valence-corrected chi connectivity index (χ4v) is 2.25. The highest BCUT2D eigenvalue weighted by molar-refractivity contribution is 5.76. The monoisotopic (exact) mass is 256 g/mol. The van der Waals surface area contributed by atoms with E-state index in [1.165, 1.54) is 12.8 Å². The van der Waals surface area contributed by atoms with Crippen LogP contribution >= 0.6 is 0 Å². The van der Waals surface area contributed by atoms with Crippen molar-refractivity contribution >= 4 is 5.97 Å². The molecule has 4 nitrogen and oxygen atoms in total. The van der Waals surface area contributed by atoms with Gasteiger partial charge >= 0.3 is 5.97 Å². The highest BCUT2D eigenvalue weighted by atomic mass is 16.5. The van der Waals surface area contributed by atoms with Crippen LogP contribution in [0.2, 0.25) is 0 Å². The van der Waals surface area contributed by atoms with Crippen molar-refractivity contribution in [3.63, 3.8) is 0 Å². The molecule has 0 aromatic carbocycles. The van der Waals surface area contributed by atoms with Gasteiger partial charge in [-0.1, -0.05) is 13.3 Å². The second kappa shape index (κ2) is 8.48. The van der Waals surface area contributed by atoms with Crippen LogP contribution in [0.5, 0.6) is 0 Å². The summed E-state index contributed by atoms with van der Waals surface area (Å²) in [6.07, 6.45) is 5.53. The molecule has 0 aromatic rings. The lowest BCUT2D eigenvalue weighted by Gasteiger charge is -2.15. The molecular formula is C14H28N2O2. The Hall–Kier alpha value is -0.610. The summed E-state index contributed by atoms with van der Waals surface area (Å²) >= 11 is 0. The van der Waals surface area contributed by atoms with Crippen molar-refractivity contribution in [1.82, 2.24) is 10.6 Å². The second-order valence-electron chi connectivity index (χ2n) is 5.37. The molecule has 4 heteroatoms. The molecule has 106 valence electrons. The minimum absolute atomic E-state index is 0.0194. The van der Waals surface area contributed by atoms with E-state index in [2.05, 4.69) is 17.6 Å². The Labute approximate surface area is 111 Å². The first-order chi connectivity index (χ1) is 8.63. The van der Waals surface area contributed by atoms with Gasteiger partial charge in [0.2, 0.25) is 0 Å². The van der Waals surface area contributed by atoms with E-state index in [4.69, 9.17) is 4.74 Å². The van der Waals surface area contributed by atoms with Crippen LogP contribution in [0, 0.1) is 0 Å². The maximum Gasteiger partial charge on any atom is 0.323 e. The number of carbonyl (C=O) groups is 1. The van der Waals surface area contributed by atoms with Crippen LogP contribution in [-0.4, -0.2) is 37.2 Å². The van der Waals surface area contributed by atoms with E-state index in [9.17, 15) is 4.79 Å². The molecule has 1 fully saturated rings. The third kappa shape index (κ3) is 5.83. The summed E-state index contributed by atoms with van der Waals surface area (Å²) in [7, 11) is 0. The Balaban J connectivity index is 2.11. The van der Waals surface area contributed by atoms with E-state index in [1.54, 1.807) is 0 Å². The minimum Gasteiger partial charge on any atom is -0.462 e. The Kier molecular flexibility index (Phi) is 7.28. The molecule has 2 atom stereocenters. The molecule has 0 spiro atoms. The highest BCUT2D eigenvalue weighted by Crippen LogP contribution is 2.16. The Morgan fingerprint density at radius 2 is 2.17 bits per heavy atom. The maximum absolute atomic E-state index is 11.7. The van der Waals surface area contributed by atoms with Crippen molar-refractivity contribution in [1.29, 1.82) is 0 Å². The van der Waals surface area contributed by atoms with Crippen LogP contribution in [0.1, 0.15) is 52.9 Å². The largest absolute Gasteiger partial charge is 0.462 e. The van der Waals surface area contributed by atoms with Gasteiger partial charge in [-0.3, -0.25) is 4.79 Å². The molecule has 2 unspecified atom stereocenters. The number of unbranched alkanes of at least 4 members (excludes halogenated alkanes) is 1. The number of carbonyl (C=O) groups excluding carboxylic acids is 1. The molecule has 1 aliphatic heterocycles. The van der Waals surface area contributed by atoms with Crippen LogP contribution < -0.4 is 10.6 Å². The van der Waals surface area contributed by atoms with E-state index < -0.39 is 0 Å². The first-order valence-electron chi connectivity index (χ1n) is 7.30. The molecule has 2 N–H and O–H groups in total. The van der Waals surface area contributed by atoms with Gasteiger partial charge in [0.15, 0.2) is 0 Å². The van der Waals surface area contributed by atoms with Crippen LogP contribution in [-0.2, 0) is 9.53 Å². The zero-order valence-corrected chi connectivity index (χ0v) is 12.0. The van der Waals surface area contributed by atoms with Crippen LogP contribution in [0.25, 0.3) is 0 Å². The number of hydrogen-bond donors (Lipinski definition) is 2. The summed E-state index contributed by atoms with van der Waals surface area (Å²) in [5, 5.41) is 6.81. The molecule has 1 heterocycles. The number of ether oxygens (including phenoxy) is 1. The summed E-state index contributed by atoms with van der Waals surface area (Å²) in [5.41, 5.74) is 0. The molecule has 0 aromatic heterocycles. The van der Waals surface area contributed by atoms with Crippen molar-refractivity contribution < 1.29 is 9.53 Å². The summed E-state index contributed by atoms with van der Waals surface area (Å²) in [4.78, 5) is 11.7. The van der Waals surface area contributed by atoms with Crippen molar-refractivity contribution in [2.45, 2.75) is 71.1 Å². The highest BCUT2D eigenvalue weighted by Gasteiger charge is 2.30. The minimum atomic E-state index is -0.0913. The average molecular weight is 256 g/mol. The number of rotatable bonds is 8. The van der Waals surface area contributed by atoms with Gasteiger partial charge in [0.25, 0.3) is 0 Å². The number of nitrogens with one attached hydrogen (secondary N) is 2. The average Bonchev–Trinajstić information content (AvgIpc) is 2.77. The van der Waals surface area contributed by atoms with Crippen molar-refractivity contribution in [2.75, 3.05) is 13.1 Å². The molecule has 1 saturated heterocycles. The first kappa shape index (κ1) is 15.4. The van der Waals surface area contributed by atoms with Gasteiger partial charge in [-0.25, -0.2) is 0 Å². The fourth-order valence-electron chi connectivity index (χ4n) is 2.25. The Morgan fingerprint density at radius 3 is 2.83 bits per heavy atom. The predicted molar refractivity (Wildman–Crippen MR) is 73.6 cm³/mol. The number of esters is 1. The van der Waals surface area contributed by atoms with Crippen LogP contribution in [0.3, 0.4) is 0 Å². The van der Waals surface area contributed by atoms with Crippen molar-refractivity contribution in [3.05, 3.63) is 0 Å². The Bertz CT molecular complexity index is 244. The zero-order valence-electron chi connectivity index (χ0n) is 12.0. The molecule has 1 rings (SSSR count). The Morgan fingerprint density at radius 1 is 1.39 bits per heavy atom. The van der Waals surface area contributed by atoms with E-state index in [-0.39, 0.29) is 18.1 Å². The lowest BCUT2D eigenvalue weighted by atomic mass is 10.1. The topological polar surface area (TPSA) is 50.4 Å². The van der Waals surface area contributed by atoms with E-state index in [0.717, 1.165) is 32.4 Å². The lowest BCUT2D eigenvalue weighted by Crippen LogP contribution is -2.38. The van der Waals surface area contributed by atoms with Crippen molar-refractivity contribution in [2.24, 2.45) is 0 Å². The van der Waals surface area contributed by atoms with E-state index in [1.807, 2.05) is 13.8 Å². The third-order valence-electron chi connectivity index (χ3n) is 3.25. The maximum atomic E-state index is 11.7. The first-order valence-corrected chi connectivity index (χ1v) is 7.30. The fraction of sp³-hybridized carbons (Fsp3) is 0.929. The zero-order chi connectivity index (χ0) is 13.4. The normalized spacial score (nSPS) is 23.6. The van der Waals surface area contributed by atoms with Crippen LogP contribution in [0.15, 0.2) is 0 Å². The van der Waals surface area contributed by atoms with Gasteiger partial charge in [-0.15, -0.1) is 0 Å². The molecule has 1 aliphatic rings. The summed E-state index contributed by atoms with van der Waals surface area (Å²) < 4.78 is 5.22. The SMILES string of the molecule is CCCCNCCC1CCC(C(=O)OC(C)C)N1. The van der Waals surface area contributed by atoms with Gasteiger partial charge in [-0.2, -0.15) is 0 Å². The second-order valence-corrected chi connectivity index (χ2v) is 5.37. The van der Waals surface area contributed by atoms with Gasteiger partial charge in [-0.05, 0) is 52.6 Å². The molecular weight excluding hydrogens is 228 g/mol. The standard InChI is InChI=1S/C14H28N2O2/c1-4-5-9-15-10-8-12-6-7-13(16-12)14(17)18-11(2)3/h11-13,15-16H,4-10H2,1-3H3. The van der Waals surface area contributed by atoms with Gasteiger partial charge in [0.05, 0.1) is 6.10 Å². The van der Waals surface area contributed by atoms with E-state index >= 15 is 0 Å². The quantitative estimate of drug-likeness (QED) is 0.514. The number of hydrogen-bond acceptors (Lipinski definition) is 4. The molecule has 18 heavy (non-hydrogen) atoms. The summed E-state index contributed by atoms with van der Waals surface area (Å²) in [6, 6.07) is 0.372. The molecule has 0 saturated carbocycles. The van der Waals surface area contributed by atoms with Gasteiger partial charge in [0.1, 0.15) is 6.04 Å². The van der Waals surface area contributed by atoms with Crippen LogP contribution in [0.4, 0.5) is 0 Å². The predicted octanol–water partition coefficient (Wildman–Crippen LogP) is 1.84. The van der Waals surface area contributed by atoms with Gasteiger partial charge in [0, 0.05) is 6.04 Å². The summed E-state index contributed by atoms with van der Waals surface area (Å²) in [6.45, 7) is 8.11. The van der Waals surface area contributed by atoms with E-state index in [0.29, 0.717) is 6.04 Å². The molecule has 0 radical (unpaired) electrons. The molecule has 0 amide bonds. The van der Waals surface area contributed by atoms with Crippen molar-refractivity contribution in [3.8, 4) is 0 Å². The molecule has 0 bridgehead atoms. The third-order valence-corrected chi connectivity index (χ3v) is 3.25. The van der Waals surface area contributed by atoms with Gasteiger partial charge < -0.3 is 15.4 Å². The summed E-state index contributed by atoms with van der Waals surface area (Å²) in [5.74, 6) is -0.0913. The smallest absolute Gasteiger partial charge is 0.323 e.